The van der Waals surface area contributed by atoms with Gasteiger partial charge in [0, 0.05) is 26.2 Å². The van der Waals surface area contributed by atoms with Crippen LogP contribution in [0.15, 0.2) is 30.6 Å². The molecule has 1 aromatic heterocycles. The van der Waals surface area contributed by atoms with E-state index in [9.17, 15) is 9.59 Å². The summed E-state index contributed by atoms with van der Waals surface area (Å²) in [6.45, 7) is 1.60. The summed E-state index contributed by atoms with van der Waals surface area (Å²) in [5.41, 5.74) is 1.72. The molecule has 2 amide bonds. The monoisotopic (exact) mass is 316 g/mol. The van der Waals surface area contributed by atoms with Crippen molar-refractivity contribution in [2.24, 2.45) is 0 Å². The van der Waals surface area contributed by atoms with Crippen molar-refractivity contribution in [3.05, 3.63) is 36.2 Å². The molecule has 0 aliphatic carbocycles. The summed E-state index contributed by atoms with van der Waals surface area (Å²) in [7, 11) is 0. The maximum atomic E-state index is 12.3. The van der Waals surface area contributed by atoms with E-state index >= 15 is 0 Å². The number of rotatable bonds is 3. The molecule has 2 heterocycles. The Hall–Kier alpha value is -2.97. The molecule has 1 fully saturated rings. The summed E-state index contributed by atoms with van der Waals surface area (Å²) in [6, 6.07) is 7.42. The molecule has 0 bridgehead atoms. The summed E-state index contributed by atoms with van der Waals surface area (Å²) < 4.78 is 1.54. The lowest BCUT2D eigenvalue weighted by atomic mass is 10.1. The zero-order valence-corrected chi connectivity index (χ0v) is 12.4. The summed E-state index contributed by atoms with van der Waals surface area (Å²) in [5, 5.41) is 19.9. The minimum atomic E-state index is -0.935. The van der Waals surface area contributed by atoms with Gasteiger partial charge in [-0.15, -0.1) is 5.10 Å². The average Bonchev–Trinajstić information content (AvgIpc) is 3.10. The second-order valence-electron chi connectivity index (χ2n) is 5.25. The molecule has 1 aliphatic rings. The van der Waals surface area contributed by atoms with Crippen LogP contribution in [0, 0.1) is 0 Å². The fraction of sp³-hybridized carbons (Fsp3) is 0.357. The Morgan fingerprint density at radius 3 is 2.26 bits per heavy atom. The molecule has 2 aromatic rings. The molecule has 1 saturated heterocycles. The van der Waals surface area contributed by atoms with Gasteiger partial charge in [-0.1, -0.05) is 12.1 Å². The fourth-order valence-electron chi connectivity index (χ4n) is 2.48. The molecular formula is C14H16N6O3. The van der Waals surface area contributed by atoms with E-state index in [0.29, 0.717) is 32.6 Å². The Kier molecular flexibility index (Phi) is 4.18. The molecule has 23 heavy (non-hydrogen) atoms. The van der Waals surface area contributed by atoms with Crippen LogP contribution in [0.3, 0.4) is 0 Å². The smallest absolute Gasteiger partial charge is 0.407 e. The van der Waals surface area contributed by atoms with E-state index in [1.165, 1.54) is 15.9 Å². The minimum Gasteiger partial charge on any atom is -0.465 e. The van der Waals surface area contributed by atoms with E-state index in [4.69, 9.17) is 5.11 Å². The van der Waals surface area contributed by atoms with E-state index < -0.39 is 6.09 Å². The Bertz CT molecular complexity index is 677. The van der Waals surface area contributed by atoms with Gasteiger partial charge in [-0.3, -0.25) is 4.79 Å². The second-order valence-corrected chi connectivity index (χ2v) is 5.25. The van der Waals surface area contributed by atoms with Gasteiger partial charge in [-0.05, 0) is 28.1 Å². The van der Waals surface area contributed by atoms with Crippen LogP contribution in [-0.4, -0.2) is 73.3 Å². The van der Waals surface area contributed by atoms with Crippen LogP contribution in [0.2, 0.25) is 0 Å². The topological polar surface area (TPSA) is 104 Å². The van der Waals surface area contributed by atoms with Crippen molar-refractivity contribution in [2.45, 2.75) is 6.42 Å². The number of benzene rings is 1. The highest BCUT2D eigenvalue weighted by atomic mass is 16.4. The van der Waals surface area contributed by atoms with E-state index in [1.54, 1.807) is 4.90 Å². The Morgan fingerprint density at radius 2 is 1.70 bits per heavy atom. The molecule has 0 saturated carbocycles. The zero-order chi connectivity index (χ0) is 16.2. The first-order valence-corrected chi connectivity index (χ1v) is 7.21. The number of tetrazole rings is 1. The quantitative estimate of drug-likeness (QED) is 0.856. The Morgan fingerprint density at radius 1 is 1.04 bits per heavy atom. The van der Waals surface area contributed by atoms with Crippen LogP contribution in [0.25, 0.3) is 5.69 Å². The molecular weight excluding hydrogens is 300 g/mol. The first-order valence-electron chi connectivity index (χ1n) is 7.21. The average molecular weight is 316 g/mol. The van der Waals surface area contributed by atoms with Gasteiger partial charge in [-0.2, -0.15) is 0 Å². The third-order valence-electron chi connectivity index (χ3n) is 3.81. The predicted octanol–water partition coefficient (Wildman–Crippen LogP) is 0.0270. The van der Waals surface area contributed by atoms with Gasteiger partial charge in [0.15, 0.2) is 0 Å². The van der Waals surface area contributed by atoms with Crippen molar-refractivity contribution < 1.29 is 14.7 Å². The summed E-state index contributed by atoms with van der Waals surface area (Å²) in [4.78, 5) is 26.2. The lowest BCUT2D eigenvalue weighted by Gasteiger charge is -2.33. The molecule has 0 spiro atoms. The van der Waals surface area contributed by atoms with E-state index in [-0.39, 0.29) is 5.91 Å². The summed E-state index contributed by atoms with van der Waals surface area (Å²) >= 11 is 0. The Labute approximate surface area is 132 Å². The van der Waals surface area contributed by atoms with Crippen molar-refractivity contribution in [2.75, 3.05) is 26.2 Å². The van der Waals surface area contributed by atoms with Crippen LogP contribution in [0.4, 0.5) is 4.79 Å². The maximum Gasteiger partial charge on any atom is 0.407 e. The van der Waals surface area contributed by atoms with Gasteiger partial charge in [0.1, 0.15) is 6.33 Å². The van der Waals surface area contributed by atoms with Gasteiger partial charge < -0.3 is 14.9 Å². The van der Waals surface area contributed by atoms with Crippen molar-refractivity contribution in [3.63, 3.8) is 0 Å². The standard InChI is InChI=1S/C14H16N6O3/c21-13(18-5-7-19(8-6-18)14(22)23)9-11-1-3-12(4-2-11)20-10-15-16-17-20/h1-4,10H,5-9H2,(H,22,23). The number of aromatic nitrogens is 4. The molecule has 1 aliphatic heterocycles. The van der Waals surface area contributed by atoms with Crippen LogP contribution in [-0.2, 0) is 11.2 Å². The molecule has 1 aromatic carbocycles. The number of carbonyl (C=O) groups excluding carboxylic acids is 1. The summed E-state index contributed by atoms with van der Waals surface area (Å²) in [6.07, 6.45) is 0.862. The van der Waals surface area contributed by atoms with E-state index in [2.05, 4.69) is 15.5 Å². The predicted molar refractivity (Wildman–Crippen MR) is 79.0 cm³/mol. The van der Waals surface area contributed by atoms with Gasteiger partial charge in [-0.25, -0.2) is 9.48 Å². The largest absolute Gasteiger partial charge is 0.465 e. The van der Waals surface area contributed by atoms with E-state index in [1.807, 2.05) is 24.3 Å². The van der Waals surface area contributed by atoms with Crippen LogP contribution in [0.1, 0.15) is 5.56 Å². The van der Waals surface area contributed by atoms with Crippen LogP contribution < -0.4 is 0 Å². The molecule has 0 radical (unpaired) electrons. The molecule has 120 valence electrons. The highest BCUT2D eigenvalue weighted by Gasteiger charge is 2.23. The number of amides is 2. The van der Waals surface area contributed by atoms with Crippen LogP contribution >= 0.6 is 0 Å². The number of carboxylic acid groups (broad SMARTS) is 1. The number of nitrogens with zero attached hydrogens (tertiary/aromatic N) is 6. The molecule has 9 nitrogen and oxygen atoms in total. The molecule has 0 unspecified atom stereocenters. The zero-order valence-electron chi connectivity index (χ0n) is 12.4. The van der Waals surface area contributed by atoms with E-state index in [0.717, 1.165) is 11.3 Å². The van der Waals surface area contributed by atoms with Crippen LogP contribution in [0.5, 0.6) is 0 Å². The van der Waals surface area contributed by atoms with Gasteiger partial charge in [0.25, 0.3) is 0 Å². The fourth-order valence-corrected chi connectivity index (χ4v) is 2.48. The lowest BCUT2D eigenvalue weighted by molar-refractivity contribution is -0.132. The van der Waals surface area contributed by atoms with Crippen molar-refractivity contribution in [1.82, 2.24) is 30.0 Å². The third kappa shape index (κ3) is 3.44. The number of hydrogen-bond acceptors (Lipinski definition) is 5. The van der Waals surface area contributed by atoms with Crippen molar-refractivity contribution in [3.8, 4) is 5.69 Å². The normalized spacial score (nSPS) is 14.8. The summed E-state index contributed by atoms with van der Waals surface area (Å²) in [5.74, 6) is 0.00483. The number of hydrogen-bond donors (Lipinski definition) is 1. The van der Waals surface area contributed by atoms with Gasteiger partial charge in [0.05, 0.1) is 12.1 Å². The van der Waals surface area contributed by atoms with Crippen molar-refractivity contribution in [1.29, 1.82) is 0 Å². The highest BCUT2D eigenvalue weighted by molar-refractivity contribution is 5.79. The molecule has 0 atom stereocenters. The lowest BCUT2D eigenvalue weighted by Crippen LogP contribution is -2.50. The number of carbonyl (C=O) groups is 2. The molecule has 3 rings (SSSR count). The second kappa shape index (κ2) is 6.42. The minimum absolute atomic E-state index is 0.00483. The maximum absolute atomic E-state index is 12.3. The third-order valence-corrected chi connectivity index (χ3v) is 3.81. The SMILES string of the molecule is O=C(O)N1CCN(C(=O)Cc2ccc(-n3cnnn3)cc2)CC1. The first-order chi connectivity index (χ1) is 11.1. The molecule has 1 N–H and O–H groups in total. The van der Waals surface area contributed by atoms with Gasteiger partial charge >= 0.3 is 6.09 Å². The highest BCUT2D eigenvalue weighted by Crippen LogP contribution is 2.11. The molecule has 9 heteroatoms. The first kappa shape index (κ1) is 14.9. The van der Waals surface area contributed by atoms with Crippen molar-refractivity contribution >= 4 is 12.0 Å². The Balaban J connectivity index is 1.57. The number of piperazine rings is 1. The van der Waals surface area contributed by atoms with Gasteiger partial charge in [0.2, 0.25) is 5.91 Å².